The third-order valence-electron chi connectivity index (χ3n) is 4.65. The number of rotatable bonds is 9. The Morgan fingerprint density at radius 2 is 1.68 bits per heavy atom. The van der Waals surface area contributed by atoms with Crippen molar-refractivity contribution in [1.82, 2.24) is 13.9 Å². The van der Waals surface area contributed by atoms with Crippen molar-refractivity contribution >= 4 is 31.4 Å². The van der Waals surface area contributed by atoms with Crippen molar-refractivity contribution in [3.8, 4) is 0 Å². The van der Waals surface area contributed by atoms with Gasteiger partial charge >= 0.3 is 0 Å². The largest absolute Gasteiger partial charge is 0.314 e. The van der Waals surface area contributed by atoms with E-state index in [1.807, 2.05) is 30.3 Å². The van der Waals surface area contributed by atoms with Crippen molar-refractivity contribution < 1.29 is 16.8 Å². The summed E-state index contributed by atoms with van der Waals surface area (Å²) in [5.41, 5.74) is 1.01. The third kappa shape index (κ3) is 5.40. The van der Waals surface area contributed by atoms with Crippen LogP contribution in [0.15, 0.2) is 52.1 Å². The van der Waals surface area contributed by atoms with Crippen LogP contribution in [-0.4, -0.2) is 70.5 Å². The van der Waals surface area contributed by atoms with E-state index >= 15 is 0 Å². The van der Waals surface area contributed by atoms with Gasteiger partial charge in [0.25, 0.3) is 10.0 Å². The van der Waals surface area contributed by atoms with E-state index in [1.54, 1.807) is 17.5 Å². The highest BCUT2D eigenvalue weighted by Crippen LogP contribution is 2.21. The van der Waals surface area contributed by atoms with Crippen LogP contribution in [0.5, 0.6) is 0 Å². The molecule has 2 aromatic rings. The maximum Gasteiger partial charge on any atom is 0.252 e. The van der Waals surface area contributed by atoms with Gasteiger partial charge in [0.2, 0.25) is 10.0 Å². The number of thiophene rings is 1. The topological polar surface area (TPSA) is 86.8 Å². The van der Waals surface area contributed by atoms with Crippen molar-refractivity contribution in [2.45, 2.75) is 10.6 Å². The molecule has 2 heterocycles. The number of nitrogens with one attached hydrogen (secondary N) is 1. The van der Waals surface area contributed by atoms with Crippen LogP contribution < -0.4 is 5.32 Å². The summed E-state index contributed by atoms with van der Waals surface area (Å²) in [7, 11) is -7.22. The van der Waals surface area contributed by atoms with E-state index in [4.69, 9.17) is 0 Å². The summed E-state index contributed by atoms with van der Waals surface area (Å²) < 4.78 is 54.3. The summed E-state index contributed by atoms with van der Waals surface area (Å²) in [5.74, 6) is -0.216. The minimum Gasteiger partial charge on any atom is -0.314 e. The average Bonchev–Trinajstić information content (AvgIpc) is 3.25. The fourth-order valence-electron chi connectivity index (χ4n) is 3.06. The van der Waals surface area contributed by atoms with Crippen LogP contribution in [0.3, 0.4) is 0 Å². The molecule has 1 aromatic heterocycles. The fourth-order valence-corrected chi connectivity index (χ4v) is 7.21. The normalized spacial score (nSPS) is 16.5. The molecule has 7 nitrogen and oxygen atoms in total. The van der Waals surface area contributed by atoms with Crippen molar-refractivity contribution in [2.75, 3.05) is 45.0 Å². The van der Waals surface area contributed by atoms with Gasteiger partial charge in [-0.15, -0.1) is 11.3 Å². The molecule has 10 heteroatoms. The summed E-state index contributed by atoms with van der Waals surface area (Å²) in [6, 6.07) is 12.8. The van der Waals surface area contributed by atoms with Crippen molar-refractivity contribution in [3.63, 3.8) is 0 Å². The van der Waals surface area contributed by atoms with Gasteiger partial charge in [0.15, 0.2) is 0 Å². The Morgan fingerprint density at radius 3 is 2.32 bits per heavy atom. The van der Waals surface area contributed by atoms with Crippen LogP contribution >= 0.6 is 11.3 Å². The van der Waals surface area contributed by atoms with E-state index in [-0.39, 0.29) is 23.1 Å². The lowest BCUT2D eigenvalue weighted by Gasteiger charge is -2.28. The Hall–Kier alpha value is -1.30. The molecule has 0 aliphatic carbocycles. The highest BCUT2D eigenvalue weighted by atomic mass is 32.2. The number of hydrogen-bond acceptors (Lipinski definition) is 6. The lowest BCUT2D eigenvalue weighted by Crippen LogP contribution is -2.48. The second kappa shape index (κ2) is 9.47. The van der Waals surface area contributed by atoms with Crippen LogP contribution in [0, 0.1) is 0 Å². The third-order valence-corrected chi connectivity index (χ3v) is 9.77. The number of sulfonamides is 2. The molecule has 0 unspecified atom stereocenters. The number of benzene rings is 1. The van der Waals surface area contributed by atoms with Gasteiger partial charge in [0.1, 0.15) is 4.21 Å². The summed E-state index contributed by atoms with van der Waals surface area (Å²) in [6.45, 7) is 2.25. The van der Waals surface area contributed by atoms with Gasteiger partial charge in [-0.1, -0.05) is 36.4 Å². The molecule has 28 heavy (non-hydrogen) atoms. The highest BCUT2D eigenvalue weighted by molar-refractivity contribution is 7.91. The second-order valence-corrected chi connectivity index (χ2v) is 11.7. The molecule has 3 rings (SSSR count). The minimum atomic E-state index is -3.72. The number of hydrogen-bond donors (Lipinski definition) is 1. The highest BCUT2D eigenvalue weighted by Gasteiger charge is 2.29. The molecule has 0 atom stereocenters. The first-order valence-electron chi connectivity index (χ1n) is 9.16. The van der Waals surface area contributed by atoms with Gasteiger partial charge in [-0.3, -0.25) is 0 Å². The molecule has 0 amide bonds. The lowest BCUT2D eigenvalue weighted by molar-refractivity contribution is 0.356. The zero-order valence-corrected chi connectivity index (χ0v) is 18.0. The first-order valence-corrected chi connectivity index (χ1v) is 13.1. The zero-order chi connectivity index (χ0) is 20.0. The Labute approximate surface area is 171 Å². The SMILES string of the molecule is O=S(=O)(CCN(CCc1ccccc1)S(=O)(=O)c1cccs1)N1CCNCC1. The molecular weight excluding hydrogens is 418 g/mol. The van der Waals surface area contributed by atoms with E-state index < -0.39 is 20.0 Å². The Balaban J connectivity index is 1.74. The van der Waals surface area contributed by atoms with Crippen LogP contribution in [0.1, 0.15) is 5.56 Å². The van der Waals surface area contributed by atoms with E-state index in [0.29, 0.717) is 32.6 Å². The van der Waals surface area contributed by atoms with Gasteiger partial charge in [0, 0.05) is 39.3 Å². The van der Waals surface area contributed by atoms with Crippen molar-refractivity contribution in [3.05, 3.63) is 53.4 Å². The van der Waals surface area contributed by atoms with Gasteiger partial charge in [0.05, 0.1) is 5.75 Å². The maximum absolute atomic E-state index is 13.0. The monoisotopic (exact) mass is 443 g/mol. The molecule has 1 fully saturated rings. The minimum absolute atomic E-state index is 0.0562. The maximum atomic E-state index is 13.0. The van der Waals surface area contributed by atoms with Gasteiger partial charge in [-0.2, -0.15) is 8.61 Å². The number of piperazine rings is 1. The predicted molar refractivity (Wildman–Crippen MR) is 111 cm³/mol. The molecule has 0 bridgehead atoms. The molecular formula is C18H25N3O4S3. The standard InChI is InChI=1S/C18H25N3O4S3/c22-27(23,20-12-9-19-10-13-20)16-14-21(11-8-17-5-2-1-3-6-17)28(24,25)18-7-4-15-26-18/h1-7,15,19H,8-14,16H2. The Bertz CT molecular complexity index is 939. The molecule has 0 saturated carbocycles. The van der Waals surface area contributed by atoms with Crippen LogP contribution in [0.25, 0.3) is 0 Å². The van der Waals surface area contributed by atoms with Crippen LogP contribution in [0.2, 0.25) is 0 Å². The summed E-state index contributed by atoms with van der Waals surface area (Å²) in [5, 5.41) is 4.83. The number of nitrogens with zero attached hydrogens (tertiary/aromatic N) is 2. The first kappa shape index (κ1) is 21.4. The smallest absolute Gasteiger partial charge is 0.252 e. The molecule has 0 radical (unpaired) electrons. The van der Waals surface area contributed by atoms with E-state index in [0.717, 1.165) is 16.9 Å². The quantitative estimate of drug-likeness (QED) is 0.630. The lowest BCUT2D eigenvalue weighted by atomic mass is 10.1. The molecule has 154 valence electrons. The Morgan fingerprint density at radius 1 is 0.964 bits per heavy atom. The van der Waals surface area contributed by atoms with E-state index in [1.165, 1.54) is 8.61 Å². The molecule has 1 aromatic carbocycles. The summed E-state index contributed by atoms with van der Waals surface area (Å²) >= 11 is 1.14. The molecule has 1 aliphatic rings. The Kier molecular flexibility index (Phi) is 7.24. The van der Waals surface area contributed by atoms with Crippen molar-refractivity contribution in [1.29, 1.82) is 0 Å². The van der Waals surface area contributed by atoms with Gasteiger partial charge in [-0.05, 0) is 23.4 Å². The van der Waals surface area contributed by atoms with E-state index in [2.05, 4.69) is 5.32 Å². The second-order valence-electron chi connectivity index (χ2n) is 6.54. The molecule has 0 spiro atoms. The van der Waals surface area contributed by atoms with Crippen LogP contribution in [0.4, 0.5) is 0 Å². The predicted octanol–water partition coefficient (Wildman–Crippen LogP) is 1.22. The summed E-state index contributed by atoms with van der Waals surface area (Å²) in [4.78, 5) is 0. The van der Waals surface area contributed by atoms with Gasteiger partial charge in [-0.25, -0.2) is 16.8 Å². The molecule has 1 saturated heterocycles. The fraction of sp³-hybridized carbons (Fsp3) is 0.444. The average molecular weight is 444 g/mol. The van der Waals surface area contributed by atoms with Gasteiger partial charge < -0.3 is 5.32 Å². The zero-order valence-electron chi connectivity index (χ0n) is 15.5. The molecule has 1 aliphatic heterocycles. The van der Waals surface area contributed by atoms with E-state index in [9.17, 15) is 16.8 Å². The van der Waals surface area contributed by atoms with Crippen LogP contribution in [-0.2, 0) is 26.5 Å². The first-order chi connectivity index (χ1) is 13.4. The molecule has 1 N–H and O–H groups in total. The summed E-state index contributed by atoms with van der Waals surface area (Å²) in [6.07, 6.45) is 0.527. The van der Waals surface area contributed by atoms with Crippen molar-refractivity contribution in [2.24, 2.45) is 0 Å².